The molecule has 1 aliphatic rings. The molecular weight excluding hydrogens is 332 g/mol. The van der Waals surface area contributed by atoms with E-state index in [1.807, 2.05) is 6.92 Å². The van der Waals surface area contributed by atoms with Crippen LogP contribution in [0.15, 0.2) is 16.3 Å². The normalized spacial score (nSPS) is 22.0. The Morgan fingerprint density at radius 2 is 2.19 bits per heavy atom. The molecule has 1 N–H and O–H groups in total. The first-order valence-electron chi connectivity index (χ1n) is 6.73. The van der Waals surface area contributed by atoms with Gasteiger partial charge in [0.15, 0.2) is 9.84 Å². The molecule has 1 aromatic rings. The van der Waals surface area contributed by atoms with Crippen molar-refractivity contribution in [2.75, 3.05) is 25.1 Å². The maximum atomic E-state index is 12.5. The molecule has 0 saturated carbocycles. The van der Waals surface area contributed by atoms with Crippen LogP contribution in [-0.2, 0) is 26.4 Å². The third kappa shape index (κ3) is 3.84. The molecule has 0 bridgehead atoms. The highest BCUT2D eigenvalue weighted by atomic mass is 32.2. The van der Waals surface area contributed by atoms with Gasteiger partial charge in [0.25, 0.3) is 0 Å². The molecule has 1 fully saturated rings. The van der Waals surface area contributed by atoms with Crippen LogP contribution in [-0.4, -0.2) is 52.3 Å². The van der Waals surface area contributed by atoms with E-state index < -0.39 is 25.9 Å². The Labute approximate surface area is 130 Å². The molecule has 1 atom stereocenters. The lowest BCUT2D eigenvalue weighted by molar-refractivity contribution is 0.394. The highest BCUT2D eigenvalue weighted by molar-refractivity contribution is 7.92. The van der Waals surface area contributed by atoms with Crippen molar-refractivity contribution < 1.29 is 16.8 Å². The zero-order valence-electron chi connectivity index (χ0n) is 12.1. The largest absolute Gasteiger partial charge is 0.312 e. The molecule has 6 nitrogen and oxygen atoms in total. The summed E-state index contributed by atoms with van der Waals surface area (Å²) in [6, 6.07) is 1.19. The topological polar surface area (TPSA) is 83.6 Å². The number of hydrogen-bond acceptors (Lipinski definition) is 6. The Morgan fingerprint density at radius 3 is 2.76 bits per heavy atom. The van der Waals surface area contributed by atoms with Crippen LogP contribution in [0.25, 0.3) is 0 Å². The van der Waals surface area contributed by atoms with Gasteiger partial charge in [0, 0.05) is 29.9 Å². The maximum Gasteiger partial charge on any atom is 0.243 e. The van der Waals surface area contributed by atoms with Crippen molar-refractivity contribution in [3.8, 4) is 0 Å². The molecule has 2 heterocycles. The predicted octanol–water partition coefficient (Wildman–Crippen LogP) is 0.665. The van der Waals surface area contributed by atoms with Crippen molar-refractivity contribution in [1.82, 2.24) is 9.62 Å². The number of sulfone groups is 1. The van der Waals surface area contributed by atoms with Crippen molar-refractivity contribution in [1.29, 1.82) is 0 Å². The van der Waals surface area contributed by atoms with Crippen LogP contribution in [0.1, 0.15) is 18.2 Å². The number of nitrogens with zero attached hydrogens (tertiary/aromatic N) is 1. The maximum absolute atomic E-state index is 12.5. The van der Waals surface area contributed by atoms with Gasteiger partial charge in [-0.15, -0.1) is 11.3 Å². The van der Waals surface area contributed by atoms with Crippen molar-refractivity contribution in [3.05, 3.63) is 16.3 Å². The van der Waals surface area contributed by atoms with E-state index in [2.05, 4.69) is 5.32 Å². The van der Waals surface area contributed by atoms with Crippen LogP contribution in [0.4, 0.5) is 0 Å². The summed E-state index contributed by atoms with van der Waals surface area (Å²) in [4.78, 5) is 1.19. The molecule has 0 spiro atoms. The van der Waals surface area contributed by atoms with E-state index in [1.165, 1.54) is 22.7 Å². The second kappa shape index (κ2) is 6.33. The first-order chi connectivity index (χ1) is 9.76. The fourth-order valence-electron chi connectivity index (χ4n) is 2.26. The van der Waals surface area contributed by atoms with E-state index in [1.54, 1.807) is 11.4 Å². The van der Waals surface area contributed by atoms with Gasteiger partial charge in [-0.2, -0.15) is 4.31 Å². The van der Waals surface area contributed by atoms with Gasteiger partial charge >= 0.3 is 0 Å². The molecule has 120 valence electrons. The first-order valence-corrected chi connectivity index (χ1v) is 10.9. The molecule has 9 heteroatoms. The minimum Gasteiger partial charge on any atom is -0.312 e. The zero-order valence-corrected chi connectivity index (χ0v) is 14.5. The molecule has 1 aromatic heterocycles. The molecule has 0 amide bonds. The summed E-state index contributed by atoms with van der Waals surface area (Å²) in [5.41, 5.74) is 0. The standard InChI is InChI=1S/C12H20N2O4S3/c1-3-13-7-11-6-12(8-19-11)21(17,18)14(2)10-4-5-20(15,16)9-10/h6,8,10,13H,3-5,7,9H2,1-2H3. The lowest BCUT2D eigenvalue weighted by atomic mass is 10.3. The van der Waals surface area contributed by atoms with Gasteiger partial charge in [-0.05, 0) is 19.0 Å². The SMILES string of the molecule is CCNCc1cc(S(=O)(=O)N(C)C2CCS(=O)(=O)C2)cs1. The Hall–Kier alpha value is -0.480. The second-order valence-corrected chi connectivity index (χ2v) is 10.3. The van der Waals surface area contributed by atoms with Gasteiger partial charge < -0.3 is 5.32 Å². The summed E-state index contributed by atoms with van der Waals surface area (Å²) in [5, 5.41) is 4.76. The van der Waals surface area contributed by atoms with Crippen LogP contribution in [0.2, 0.25) is 0 Å². The third-order valence-corrected chi connectivity index (χ3v) is 8.30. The molecule has 1 aliphatic heterocycles. The van der Waals surface area contributed by atoms with Crippen LogP contribution in [0.5, 0.6) is 0 Å². The average Bonchev–Trinajstić information content (AvgIpc) is 3.02. The summed E-state index contributed by atoms with van der Waals surface area (Å²) in [5.74, 6) is -0.0239. The fraction of sp³-hybridized carbons (Fsp3) is 0.667. The lowest BCUT2D eigenvalue weighted by Gasteiger charge is -2.22. The highest BCUT2D eigenvalue weighted by Gasteiger charge is 2.36. The summed E-state index contributed by atoms with van der Waals surface area (Å²) < 4.78 is 49.3. The van der Waals surface area contributed by atoms with Crippen molar-refractivity contribution >= 4 is 31.2 Å². The number of thiophene rings is 1. The van der Waals surface area contributed by atoms with E-state index in [4.69, 9.17) is 0 Å². The molecular formula is C12H20N2O4S3. The number of rotatable bonds is 6. The molecule has 1 unspecified atom stereocenters. The Balaban J connectivity index is 2.15. The van der Waals surface area contributed by atoms with E-state index in [0.29, 0.717) is 13.0 Å². The number of hydrogen-bond donors (Lipinski definition) is 1. The quantitative estimate of drug-likeness (QED) is 0.813. The monoisotopic (exact) mass is 352 g/mol. The van der Waals surface area contributed by atoms with Crippen molar-refractivity contribution in [3.63, 3.8) is 0 Å². The summed E-state index contributed by atoms with van der Waals surface area (Å²) in [6.45, 7) is 3.44. The van der Waals surface area contributed by atoms with E-state index in [9.17, 15) is 16.8 Å². The molecule has 2 rings (SSSR count). The van der Waals surface area contributed by atoms with E-state index >= 15 is 0 Å². The molecule has 1 saturated heterocycles. The van der Waals surface area contributed by atoms with E-state index in [0.717, 1.165) is 11.4 Å². The van der Waals surface area contributed by atoms with Crippen LogP contribution < -0.4 is 5.32 Å². The lowest BCUT2D eigenvalue weighted by Crippen LogP contribution is -2.37. The Kier molecular flexibility index (Phi) is 5.09. The predicted molar refractivity (Wildman–Crippen MR) is 83.7 cm³/mol. The molecule has 0 aromatic carbocycles. The van der Waals surface area contributed by atoms with Gasteiger partial charge in [0.2, 0.25) is 10.0 Å². The van der Waals surface area contributed by atoms with Crippen LogP contribution >= 0.6 is 11.3 Å². The second-order valence-electron chi connectivity index (χ2n) is 5.11. The summed E-state index contributed by atoms with van der Waals surface area (Å²) in [7, 11) is -5.27. The number of sulfonamides is 1. The minimum atomic E-state index is -3.63. The zero-order chi connectivity index (χ0) is 15.7. The van der Waals surface area contributed by atoms with E-state index in [-0.39, 0.29) is 16.4 Å². The van der Waals surface area contributed by atoms with Crippen LogP contribution in [0, 0.1) is 0 Å². The summed E-state index contributed by atoms with van der Waals surface area (Å²) >= 11 is 1.39. The van der Waals surface area contributed by atoms with Gasteiger partial charge in [-0.1, -0.05) is 6.92 Å². The fourth-order valence-corrected chi connectivity index (χ4v) is 6.75. The van der Waals surface area contributed by atoms with Crippen LogP contribution in [0.3, 0.4) is 0 Å². The van der Waals surface area contributed by atoms with Gasteiger partial charge in [-0.3, -0.25) is 0 Å². The Bertz CT molecular complexity index is 694. The third-order valence-electron chi connectivity index (χ3n) is 3.58. The highest BCUT2D eigenvalue weighted by Crippen LogP contribution is 2.26. The van der Waals surface area contributed by atoms with Gasteiger partial charge in [0.1, 0.15) is 0 Å². The number of nitrogens with one attached hydrogen (secondary N) is 1. The van der Waals surface area contributed by atoms with Gasteiger partial charge in [-0.25, -0.2) is 16.8 Å². The minimum absolute atomic E-state index is 0.0623. The Morgan fingerprint density at radius 1 is 1.48 bits per heavy atom. The smallest absolute Gasteiger partial charge is 0.243 e. The molecule has 21 heavy (non-hydrogen) atoms. The molecule has 0 radical (unpaired) electrons. The summed E-state index contributed by atoms with van der Waals surface area (Å²) in [6.07, 6.45) is 0.368. The molecule has 0 aliphatic carbocycles. The van der Waals surface area contributed by atoms with Gasteiger partial charge in [0.05, 0.1) is 16.4 Å². The van der Waals surface area contributed by atoms with Crippen molar-refractivity contribution in [2.45, 2.75) is 30.8 Å². The average molecular weight is 353 g/mol. The first kappa shape index (κ1) is 16.9. The van der Waals surface area contributed by atoms with Crippen molar-refractivity contribution in [2.24, 2.45) is 0 Å².